The highest BCUT2D eigenvalue weighted by Gasteiger charge is 1.98. The van der Waals surface area contributed by atoms with E-state index in [1.165, 1.54) is 6.42 Å². The summed E-state index contributed by atoms with van der Waals surface area (Å²) in [6, 6.07) is 0. The second-order valence-electron chi connectivity index (χ2n) is 3.23. The third kappa shape index (κ3) is 6.71. The minimum absolute atomic E-state index is 0.556. The lowest BCUT2D eigenvalue weighted by molar-refractivity contribution is 0.297. The van der Waals surface area contributed by atoms with Gasteiger partial charge >= 0.3 is 0 Å². The molecule has 0 saturated heterocycles. The van der Waals surface area contributed by atoms with E-state index in [1.807, 2.05) is 6.92 Å². The molecule has 0 atom stereocenters. The Morgan fingerprint density at radius 1 is 1.29 bits per heavy atom. The lowest BCUT2D eigenvalue weighted by Crippen LogP contribution is -2.33. The van der Waals surface area contributed by atoms with Gasteiger partial charge in [0, 0.05) is 13.1 Å². The highest BCUT2D eigenvalue weighted by atomic mass is 15.1. The zero-order chi connectivity index (χ0) is 10.8. The van der Waals surface area contributed by atoms with Crippen molar-refractivity contribution in [3.05, 3.63) is 0 Å². The predicted molar refractivity (Wildman–Crippen MR) is 62.6 cm³/mol. The molecule has 84 valence electrons. The molecule has 0 saturated carbocycles. The number of nitrogens with two attached hydrogens (primary N) is 1. The van der Waals surface area contributed by atoms with Crippen molar-refractivity contribution in [2.75, 3.05) is 32.7 Å². The molecule has 0 spiro atoms. The van der Waals surface area contributed by atoms with Crippen LogP contribution in [-0.2, 0) is 0 Å². The molecule has 0 bridgehead atoms. The van der Waals surface area contributed by atoms with E-state index in [4.69, 9.17) is 5.73 Å². The third-order valence-corrected chi connectivity index (χ3v) is 2.04. The molecule has 0 rings (SSSR count). The first-order valence-corrected chi connectivity index (χ1v) is 5.50. The van der Waals surface area contributed by atoms with E-state index in [0.29, 0.717) is 5.96 Å². The Bertz CT molecular complexity index is 156. The van der Waals surface area contributed by atoms with Crippen molar-refractivity contribution >= 4 is 5.96 Å². The van der Waals surface area contributed by atoms with Crippen LogP contribution in [0.3, 0.4) is 0 Å². The van der Waals surface area contributed by atoms with E-state index in [2.05, 4.69) is 29.1 Å². The van der Waals surface area contributed by atoms with Gasteiger partial charge in [0.2, 0.25) is 0 Å². The Hall–Kier alpha value is -0.770. The summed E-state index contributed by atoms with van der Waals surface area (Å²) in [5.74, 6) is 0.556. The maximum absolute atomic E-state index is 5.61. The lowest BCUT2D eigenvalue weighted by atomic mass is 10.4. The number of nitrogens with zero attached hydrogens (tertiary/aromatic N) is 2. The molecule has 4 heteroatoms. The summed E-state index contributed by atoms with van der Waals surface area (Å²) >= 11 is 0. The molecule has 4 nitrogen and oxygen atoms in total. The van der Waals surface area contributed by atoms with Gasteiger partial charge in [0.15, 0.2) is 5.96 Å². The van der Waals surface area contributed by atoms with Gasteiger partial charge in [0.1, 0.15) is 0 Å². The maximum Gasteiger partial charge on any atom is 0.188 e. The van der Waals surface area contributed by atoms with E-state index < -0.39 is 0 Å². The largest absolute Gasteiger partial charge is 0.370 e. The molecule has 0 heterocycles. The van der Waals surface area contributed by atoms with Crippen LogP contribution in [0.1, 0.15) is 27.2 Å². The van der Waals surface area contributed by atoms with Crippen LogP contribution in [0.2, 0.25) is 0 Å². The fourth-order valence-corrected chi connectivity index (χ4v) is 1.29. The van der Waals surface area contributed by atoms with E-state index in [9.17, 15) is 0 Å². The molecular formula is C10H24N4. The Labute approximate surface area is 87.6 Å². The number of hydrogen-bond acceptors (Lipinski definition) is 2. The normalized spacial score (nSPS) is 12.1. The fraction of sp³-hybridized carbons (Fsp3) is 0.900. The summed E-state index contributed by atoms with van der Waals surface area (Å²) in [7, 11) is 0. The van der Waals surface area contributed by atoms with E-state index in [0.717, 1.165) is 32.7 Å². The second kappa shape index (κ2) is 8.81. The van der Waals surface area contributed by atoms with Gasteiger partial charge in [-0.15, -0.1) is 0 Å². The quantitative estimate of drug-likeness (QED) is 0.468. The van der Waals surface area contributed by atoms with E-state index in [-0.39, 0.29) is 0 Å². The number of guanidine groups is 1. The number of nitrogens with one attached hydrogen (secondary N) is 1. The summed E-state index contributed by atoms with van der Waals surface area (Å²) in [6.45, 7) is 11.2. The minimum atomic E-state index is 0.556. The van der Waals surface area contributed by atoms with Gasteiger partial charge in [-0.3, -0.25) is 4.99 Å². The van der Waals surface area contributed by atoms with Gasteiger partial charge in [-0.05, 0) is 26.4 Å². The molecule has 0 fully saturated rings. The Balaban J connectivity index is 3.63. The molecule has 0 aliphatic carbocycles. The predicted octanol–water partition coefficient (Wildman–Crippen LogP) is 0.643. The molecular weight excluding hydrogens is 176 g/mol. The van der Waals surface area contributed by atoms with Crippen LogP contribution >= 0.6 is 0 Å². The summed E-state index contributed by atoms with van der Waals surface area (Å²) in [4.78, 5) is 6.60. The monoisotopic (exact) mass is 200 g/mol. The Morgan fingerprint density at radius 2 is 2.00 bits per heavy atom. The number of aliphatic imine (C=N–C) groups is 1. The second-order valence-corrected chi connectivity index (χ2v) is 3.23. The first kappa shape index (κ1) is 13.2. The molecule has 0 aliphatic heterocycles. The molecule has 0 radical (unpaired) electrons. The molecule has 0 aromatic carbocycles. The van der Waals surface area contributed by atoms with E-state index >= 15 is 0 Å². The zero-order valence-corrected chi connectivity index (χ0v) is 9.71. The first-order valence-electron chi connectivity index (χ1n) is 5.50. The number of likely N-dealkylation sites (N-methyl/N-ethyl adjacent to an activating group) is 1. The minimum Gasteiger partial charge on any atom is -0.370 e. The molecule has 0 aliphatic rings. The number of rotatable bonds is 7. The van der Waals surface area contributed by atoms with Crippen molar-refractivity contribution in [1.82, 2.24) is 10.2 Å². The average molecular weight is 200 g/mol. The van der Waals surface area contributed by atoms with Crippen molar-refractivity contribution in [2.45, 2.75) is 27.2 Å². The summed E-state index contributed by atoms with van der Waals surface area (Å²) in [5.41, 5.74) is 5.61. The summed E-state index contributed by atoms with van der Waals surface area (Å²) in [5, 5.41) is 2.98. The van der Waals surface area contributed by atoms with Crippen LogP contribution in [0, 0.1) is 0 Å². The number of hydrogen-bond donors (Lipinski definition) is 2. The SMILES string of the molecule is CCCN(CC)CCN=C(N)NCC. The first-order chi connectivity index (χ1) is 6.74. The van der Waals surface area contributed by atoms with Crippen molar-refractivity contribution in [3.63, 3.8) is 0 Å². The molecule has 0 aromatic heterocycles. The van der Waals surface area contributed by atoms with Crippen LogP contribution in [0.25, 0.3) is 0 Å². The van der Waals surface area contributed by atoms with Gasteiger partial charge in [-0.2, -0.15) is 0 Å². The van der Waals surface area contributed by atoms with Crippen LogP contribution in [0.5, 0.6) is 0 Å². The molecule has 3 N–H and O–H groups in total. The zero-order valence-electron chi connectivity index (χ0n) is 9.71. The van der Waals surface area contributed by atoms with Crippen molar-refractivity contribution in [2.24, 2.45) is 10.7 Å². The lowest BCUT2D eigenvalue weighted by Gasteiger charge is -2.17. The van der Waals surface area contributed by atoms with Gasteiger partial charge in [-0.1, -0.05) is 13.8 Å². The fourth-order valence-electron chi connectivity index (χ4n) is 1.29. The maximum atomic E-state index is 5.61. The smallest absolute Gasteiger partial charge is 0.188 e. The van der Waals surface area contributed by atoms with Crippen molar-refractivity contribution in [1.29, 1.82) is 0 Å². The van der Waals surface area contributed by atoms with Crippen molar-refractivity contribution in [3.8, 4) is 0 Å². The van der Waals surface area contributed by atoms with Crippen LogP contribution in [-0.4, -0.2) is 43.6 Å². The molecule has 14 heavy (non-hydrogen) atoms. The van der Waals surface area contributed by atoms with Gasteiger partial charge in [0.25, 0.3) is 0 Å². The topological polar surface area (TPSA) is 53.6 Å². The average Bonchev–Trinajstić information content (AvgIpc) is 2.17. The molecule has 0 aromatic rings. The summed E-state index contributed by atoms with van der Waals surface area (Å²) < 4.78 is 0. The Kier molecular flexibility index (Phi) is 8.33. The Morgan fingerprint density at radius 3 is 2.50 bits per heavy atom. The highest BCUT2D eigenvalue weighted by molar-refractivity contribution is 5.77. The van der Waals surface area contributed by atoms with Gasteiger partial charge < -0.3 is 16.0 Å². The highest BCUT2D eigenvalue weighted by Crippen LogP contribution is 1.90. The van der Waals surface area contributed by atoms with Crippen molar-refractivity contribution < 1.29 is 0 Å². The van der Waals surface area contributed by atoms with Crippen LogP contribution < -0.4 is 11.1 Å². The van der Waals surface area contributed by atoms with Gasteiger partial charge in [0.05, 0.1) is 6.54 Å². The van der Waals surface area contributed by atoms with Crippen LogP contribution in [0.4, 0.5) is 0 Å². The molecule has 0 unspecified atom stereocenters. The van der Waals surface area contributed by atoms with Crippen LogP contribution in [0.15, 0.2) is 4.99 Å². The molecule has 0 amide bonds. The standard InChI is InChI=1S/C10H24N4/c1-4-8-14(6-3)9-7-13-10(11)12-5-2/h4-9H2,1-3H3,(H3,11,12,13). The van der Waals surface area contributed by atoms with Gasteiger partial charge in [-0.25, -0.2) is 0 Å². The van der Waals surface area contributed by atoms with E-state index in [1.54, 1.807) is 0 Å². The summed E-state index contributed by atoms with van der Waals surface area (Å²) in [6.07, 6.45) is 1.19. The third-order valence-electron chi connectivity index (χ3n) is 2.04.